The van der Waals surface area contributed by atoms with Crippen LogP contribution in [0.2, 0.25) is 0 Å². The summed E-state index contributed by atoms with van der Waals surface area (Å²) < 4.78 is 38.9. The Labute approximate surface area is 108 Å². The molecule has 0 heterocycles. The van der Waals surface area contributed by atoms with Crippen molar-refractivity contribution < 1.29 is 12.8 Å². The summed E-state index contributed by atoms with van der Waals surface area (Å²) in [6.07, 6.45) is 0. The zero-order valence-electron chi connectivity index (χ0n) is 10.6. The van der Waals surface area contributed by atoms with Gasteiger partial charge in [0.05, 0.1) is 5.25 Å². The Morgan fingerprint density at radius 3 is 2.44 bits per heavy atom. The van der Waals surface area contributed by atoms with E-state index in [1.54, 1.807) is 19.1 Å². The fourth-order valence-electron chi connectivity index (χ4n) is 1.39. The molecule has 4 nitrogen and oxygen atoms in total. The van der Waals surface area contributed by atoms with Crippen LogP contribution in [-0.2, 0) is 16.6 Å². The van der Waals surface area contributed by atoms with Crippen LogP contribution < -0.4 is 10.0 Å². The normalized spacial score (nSPS) is 13.5. The quantitative estimate of drug-likeness (QED) is 0.786. The van der Waals surface area contributed by atoms with Gasteiger partial charge in [0.2, 0.25) is 10.0 Å². The molecule has 0 bridgehead atoms. The Hall–Kier alpha value is -0.980. The van der Waals surface area contributed by atoms with Gasteiger partial charge in [-0.25, -0.2) is 17.5 Å². The van der Waals surface area contributed by atoms with Crippen LogP contribution >= 0.6 is 0 Å². The molecule has 102 valence electrons. The van der Waals surface area contributed by atoms with Crippen molar-refractivity contribution in [1.29, 1.82) is 0 Å². The lowest BCUT2D eigenvalue weighted by molar-refractivity contribution is 0.559. The molecular formula is C12H19FN2O2S. The Kier molecular flexibility index (Phi) is 5.71. The van der Waals surface area contributed by atoms with Crippen molar-refractivity contribution in [3.8, 4) is 0 Å². The molecule has 0 radical (unpaired) electrons. The number of benzene rings is 1. The van der Waals surface area contributed by atoms with E-state index in [1.165, 1.54) is 12.1 Å². The molecule has 0 aliphatic carbocycles. The van der Waals surface area contributed by atoms with Crippen LogP contribution in [0, 0.1) is 5.82 Å². The predicted octanol–water partition coefficient (Wildman–Crippen LogP) is 1.24. The van der Waals surface area contributed by atoms with E-state index in [0.717, 1.165) is 12.1 Å². The maximum atomic E-state index is 12.7. The van der Waals surface area contributed by atoms with Crippen molar-refractivity contribution in [2.24, 2.45) is 0 Å². The fourth-order valence-corrected chi connectivity index (χ4v) is 2.38. The molecule has 0 aliphatic heterocycles. The average molecular weight is 274 g/mol. The monoisotopic (exact) mass is 274 g/mol. The van der Waals surface area contributed by atoms with Crippen LogP contribution in [0.1, 0.15) is 19.4 Å². The summed E-state index contributed by atoms with van der Waals surface area (Å²) >= 11 is 0. The van der Waals surface area contributed by atoms with E-state index in [0.29, 0.717) is 6.54 Å². The minimum Gasteiger partial charge on any atom is -0.316 e. The van der Waals surface area contributed by atoms with Gasteiger partial charge in [0, 0.05) is 13.1 Å². The van der Waals surface area contributed by atoms with E-state index in [9.17, 15) is 12.8 Å². The number of rotatable bonds is 7. The summed E-state index contributed by atoms with van der Waals surface area (Å²) in [4.78, 5) is 0. The molecule has 1 aromatic carbocycles. The van der Waals surface area contributed by atoms with Gasteiger partial charge >= 0.3 is 0 Å². The van der Waals surface area contributed by atoms with Crippen LogP contribution in [0.3, 0.4) is 0 Å². The van der Waals surface area contributed by atoms with Gasteiger partial charge < -0.3 is 5.32 Å². The Morgan fingerprint density at radius 1 is 1.28 bits per heavy atom. The van der Waals surface area contributed by atoms with Gasteiger partial charge in [-0.1, -0.05) is 19.1 Å². The van der Waals surface area contributed by atoms with Gasteiger partial charge in [-0.05, 0) is 31.2 Å². The third-order valence-corrected chi connectivity index (χ3v) is 4.38. The number of sulfonamides is 1. The van der Waals surface area contributed by atoms with Crippen LogP contribution in [-0.4, -0.2) is 26.8 Å². The molecule has 1 atom stereocenters. The van der Waals surface area contributed by atoms with Gasteiger partial charge in [-0.3, -0.25) is 0 Å². The van der Waals surface area contributed by atoms with Gasteiger partial charge in [-0.2, -0.15) is 0 Å². The van der Waals surface area contributed by atoms with E-state index >= 15 is 0 Å². The zero-order valence-corrected chi connectivity index (χ0v) is 11.4. The lowest BCUT2D eigenvalue weighted by atomic mass is 10.2. The lowest BCUT2D eigenvalue weighted by Gasteiger charge is -2.14. The highest BCUT2D eigenvalue weighted by Crippen LogP contribution is 2.04. The minimum atomic E-state index is -3.35. The van der Waals surface area contributed by atoms with Crippen LogP contribution in [0.25, 0.3) is 0 Å². The van der Waals surface area contributed by atoms with E-state index in [4.69, 9.17) is 0 Å². The highest BCUT2D eigenvalue weighted by Gasteiger charge is 2.19. The summed E-state index contributed by atoms with van der Waals surface area (Å²) in [7, 11) is -3.35. The molecule has 1 aromatic rings. The number of halogens is 1. The first kappa shape index (κ1) is 15.1. The highest BCUT2D eigenvalue weighted by molar-refractivity contribution is 7.90. The molecule has 0 fully saturated rings. The second-order valence-corrected chi connectivity index (χ2v) is 6.29. The summed E-state index contributed by atoms with van der Waals surface area (Å²) in [6.45, 7) is 4.90. The standard InChI is InChI=1S/C12H19FN2O2S/c1-3-14-8-10(2)18(16,17)15-9-11-4-6-12(13)7-5-11/h4-7,10,14-15H,3,8-9H2,1-2H3. The molecule has 0 amide bonds. The molecule has 0 spiro atoms. The highest BCUT2D eigenvalue weighted by atomic mass is 32.2. The van der Waals surface area contributed by atoms with Gasteiger partial charge in [0.15, 0.2) is 0 Å². The molecule has 0 aromatic heterocycles. The van der Waals surface area contributed by atoms with Gasteiger partial charge in [-0.15, -0.1) is 0 Å². The first-order valence-corrected chi connectivity index (χ1v) is 7.44. The number of hydrogen-bond acceptors (Lipinski definition) is 3. The predicted molar refractivity (Wildman–Crippen MR) is 70.2 cm³/mol. The first-order chi connectivity index (χ1) is 8.45. The molecule has 0 aliphatic rings. The smallest absolute Gasteiger partial charge is 0.215 e. The molecule has 2 N–H and O–H groups in total. The maximum Gasteiger partial charge on any atom is 0.215 e. The van der Waals surface area contributed by atoms with Crippen LogP contribution in [0.15, 0.2) is 24.3 Å². The SMILES string of the molecule is CCNCC(C)S(=O)(=O)NCc1ccc(F)cc1. The minimum absolute atomic E-state index is 0.180. The van der Waals surface area contributed by atoms with Crippen LogP contribution in [0.4, 0.5) is 4.39 Å². The van der Waals surface area contributed by atoms with Crippen molar-refractivity contribution >= 4 is 10.0 Å². The topological polar surface area (TPSA) is 58.2 Å². The average Bonchev–Trinajstić information content (AvgIpc) is 2.35. The summed E-state index contributed by atoms with van der Waals surface area (Å²) in [5, 5.41) is 2.49. The largest absolute Gasteiger partial charge is 0.316 e. The second kappa shape index (κ2) is 6.82. The van der Waals surface area contributed by atoms with E-state index in [-0.39, 0.29) is 12.4 Å². The Bertz CT molecular complexity index is 459. The molecular weight excluding hydrogens is 255 g/mol. The molecule has 6 heteroatoms. The Balaban J connectivity index is 2.53. The third-order valence-electron chi connectivity index (χ3n) is 2.60. The third kappa shape index (κ3) is 4.72. The van der Waals surface area contributed by atoms with Crippen molar-refractivity contribution in [2.75, 3.05) is 13.1 Å². The molecule has 1 rings (SSSR count). The summed E-state index contributed by atoms with van der Waals surface area (Å²) in [6, 6.07) is 5.75. The fraction of sp³-hybridized carbons (Fsp3) is 0.500. The molecule has 0 saturated heterocycles. The van der Waals surface area contributed by atoms with E-state index < -0.39 is 15.3 Å². The van der Waals surface area contributed by atoms with Crippen molar-refractivity contribution in [1.82, 2.24) is 10.0 Å². The maximum absolute atomic E-state index is 12.7. The van der Waals surface area contributed by atoms with Crippen molar-refractivity contribution in [2.45, 2.75) is 25.6 Å². The molecule has 18 heavy (non-hydrogen) atoms. The van der Waals surface area contributed by atoms with E-state index in [1.807, 2.05) is 6.92 Å². The zero-order chi connectivity index (χ0) is 13.6. The lowest BCUT2D eigenvalue weighted by Crippen LogP contribution is -2.38. The van der Waals surface area contributed by atoms with Gasteiger partial charge in [0.1, 0.15) is 5.82 Å². The van der Waals surface area contributed by atoms with Gasteiger partial charge in [0.25, 0.3) is 0 Å². The first-order valence-electron chi connectivity index (χ1n) is 5.89. The van der Waals surface area contributed by atoms with E-state index in [2.05, 4.69) is 10.0 Å². The number of nitrogens with one attached hydrogen (secondary N) is 2. The summed E-state index contributed by atoms with van der Waals surface area (Å²) in [5.41, 5.74) is 0.732. The van der Waals surface area contributed by atoms with Crippen molar-refractivity contribution in [3.05, 3.63) is 35.6 Å². The molecule has 0 saturated carbocycles. The summed E-state index contributed by atoms with van der Waals surface area (Å²) in [5.74, 6) is -0.331. The van der Waals surface area contributed by atoms with Crippen molar-refractivity contribution in [3.63, 3.8) is 0 Å². The number of hydrogen-bond donors (Lipinski definition) is 2. The Morgan fingerprint density at radius 2 is 1.89 bits per heavy atom. The second-order valence-electron chi connectivity index (χ2n) is 4.11. The molecule has 1 unspecified atom stereocenters. The van der Waals surface area contributed by atoms with Crippen LogP contribution in [0.5, 0.6) is 0 Å².